The van der Waals surface area contributed by atoms with Gasteiger partial charge in [-0.2, -0.15) is 0 Å². The Balaban J connectivity index is 1.83. The fourth-order valence-electron chi connectivity index (χ4n) is 3.20. The molecule has 1 aliphatic rings. The van der Waals surface area contributed by atoms with Crippen LogP contribution in [0.25, 0.3) is 10.9 Å². The number of nitrogens with zero attached hydrogens (tertiary/aromatic N) is 1. The Hall–Kier alpha value is -1.45. The molecule has 1 fully saturated rings. The Morgan fingerprint density at radius 1 is 1.25 bits per heavy atom. The summed E-state index contributed by atoms with van der Waals surface area (Å²) in [6, 6.07) is 12.9. The molecule has 1 N–H and O–H groups in total. The van der Waals surface area contributed by atoms with Gasteiger partial charge in [0.05, 0.1) is 11.1 Å². The van der Waals surface area contributed by atoms with Gasteiger partial charge in [-0.25, -0.2) is 0 Å². The van der Waals surface area contributed by atoms with E-state index in [0.29, 0.717) is 6.04 Å². The summed E-state index contributed by atoms with van der Waals surface area (Å²) in [5.74, 6) is 0. The monoisotopic (exact) mass is 270 g/mol. The van der Waals surface area contributed by atoms with E-state index >= 15 is 0 Å². The number of methoxy groups -OCH3 is 1. The molecule has 3 rings (SSSR count). The lowest BCUT2D eigenvalue weighted by molar-refractivity contribution is -0.0968. The van der Waals surface area contributed by atoms with Gasteiger partial charge in [-0.15, -0.1) is 0 Å². The van der Waals surface area contributed by atoms with Gasteiger partial charge in [-0.05, 0) is 38.4 Å². The van der Waals surface area contributed by atoms with Gasteiger partial charge >= 0.3 is 0 Å². The van der Waals surface area contributed by atoms with Crippen LogP contribution >= 0.6 is 0 Å². The fraction of sp³-hybridized carbons (Fsp3) is 0.471. The molecule has 0 bridgehead atoms. The van der Waals surface area contributed by atoms with Crippen LogP contribution in [0.5, 0.6) is 0 Å². The van der Waals surface area contributed by atoms with Crippen molar-refractivity contribution >= 4 is 10.9 Å². The predicted octanol–water partition coefficient (Wildman–Crippen LogP) is 2.93. The first kappa shape index (κ1) is 13.5. The van der Waals surface area contributed by atoms with Gasteiger partial charge in [0, 0.05) is 30.7 Å². The molecule has 1 aliphatic carbocycles. The maximum absolute atomic E-state index is 5.80. The van der Waals surface area contributed by atoms with E-state index in [4.69, 9.17) is 9.72 Å². The van der Waals surface area contributed by atoms with Crippen LogP contribution < -0.4 is 5.32 Å². The van der Waals surface area contributed by atoms with Crippen LogP contribution in [0.1, 0.15) is 25.0 Å². The van der Waals surface area contributed by atoms with Crippen molar-refractivity contribution in [2.45, 2.75) is 37.3 Å². The van der Waals surface area contributed by atoms with Crippen molar-refractivity contribution in [2.75, 3.05) is 14.2 Å². The summed E-state index contributed by atoms with van der Waals surface area (Å²) in [6.45, 7) is 0. The second kappa shape index (κ2) is 5.51. The van der Waals surface area contributed by atoms with Gasteiger partial charge in [-0.1, -0.05) is 24.3 Å². The number of rotatable bonds is 5. The average molecular weight is 270 g/mol. The molecule has 1 heterocycles. The Labute approximate surface area is 120 Å². The van der Waals surface area contributed by atoms with Crippen molar-refractivity contribution in [3.63, 3.8) is 0 Å². The Morgan fingerprint density at radius 2 is 2.05 bits per heavy atom. The zero-order valence-electron chi connectivity index (χ0n) is 12.2. The number of hydrogen-bond acceptors (Lipinski definition) is 3. The molecule has 1 unspecified atom stereocenters. The normalized spacial score (nSPS) is 18.7. The number of likely N-dealkylation sites (N-methyl/N-ethyl adjacent to an activating group) is 1. The van der Waals surface area contributed by atoms with Gasteiger partial charge in [0.15, 0.2) is 0 Å². The number of benzene rings is 1. The summed E-state index contributed by atoms with van der Waals surface area (Å²) in [4.78, 5) is 4.77. The minimum atomic E-state index is 0.00206. The lowest BCUT2D eigenvalue weighted by Gasteiger charge is -2.46. The highest BCUT2D eigenvalue weighted by molar-refractivity contribution is 5.78. The van der Waals surface area contributed by atoms with Gasteiger partial charge in [0.25, 0.3) is 0 Å². The summed E-state index contributed by atoms with van der Waals surface area (Å²) in [5.41, 5.74) is 2.20. The third-order valence-electron chi connectivity index (χ3n) is 4.66. The number of para-hydroxylation sites is 1. The summed E-state index contributed by atoms with van der Waals surface area (Å²) < 4.78 is 5.80. The summed E-state index contributed by atoms with van der Waals surface area (Å²) in [5, 5.41) is 4.62. The molecule has 1 aromatic heterocycles. The van der Waals surface area contributed by atoms with Crippen LogP contribution in [-0.4, -0.2) is 30.8 Å². The van der Waals surface area contributed by atoms with E-state index < -0.39 is 0 Å². The lowest BCUT2D eigenvalue weighted by atomic mass is 9.73. The highest BCUT2D eigenvalue weighted by atomic mass is 16.5. The second-order valence-corrected chi connectivity index (χ2v) is 5.66. The lowest BCUT2D eigenvalue weighted by Crippen LogP contribution is -2.56. The molecule has 3 heteroatoms. The number of ether oxygens (including phenoxy) is 1. The molecule has 0 aliphatic heterocycles. The minimum Gasteiger partial charge on any atom is -0.377 e. The SMILES string of the molecule is CNC(Cc1ccc2ccccc2n1)C1(OC)CCC1. The van der Waals surface area contributed by atoms with Crippen LogP contribution in [-0.2, 0) is 11.2 Å². The Morgan fingerprint density at radius 3 is 2.70 bits per heavy atom. The van der Waals surface area contributed by atoms with Crippen molar-refractivity contribution in [2.24, 2.45) is 0 Å². The van der Waals surface area contributed by atoms with Crippen molar-refractivity contribution in [3.05, 3.63) is 42.1 Å². The minimum absolute atomic E-state index is 0.00206. The molecule has 2 aromatic rings. The molecule has 1 saturated carbocycles. The quantitative estimate of drug-likeness (QED) is 0.907. The first-order valence-corrected chi connectivity index (χ1v) is 7.34. The number of pyridine rings is 1. The Bertz CT molecular complexity index is 587. The van der Waals surface area contributed by atoms with Gasteiger partial charge in [0.2, 0.25) is 0 Å². The maximum atomic E-state index is 5.80. The highest BCUT2D eigenvalue weighted by Gasteiger charge is 2.43. The van der Waals surface area contributed by atoms with Gasteiger partial charge in [0.1, 0.15) is 0 Å². The van der Waals surface area contributed by atoms with E-state index in [1.165, 1.54) is 11.8 Å². The van der Waals surface area contributed by atoms with Crippen LogP contribution in [0, 0.1) is 0 Å². The third-order valence-corrected chi connectivity index (χ3v) is 4.66. The van der Waals surface area contributed by atoms with E-state index in [0.717, 1.165) is 30.5 Å². The standard InChI is InChI=1S/C17H22N2O/c1-18-16(17(20-2)10-5-11-17)12-14-9-8-13-6-3-4-7-15(13)19-14/h3-4,6-9,16,18H,5,10-12H2,1-2H3. The number of hydrogen-bond donors (Lipinski definition) is 1. The molecule has 20 heavy (non-hydrogen) atoms. The number of fused-ring (bicyclic) bond motifs is 1. The zero-order chi connectivity index (χ0) is 14.0. The molecule has 106 valence electrons. The van der Waals surface area contributed by atoms with Crippen molar-refractivity contribution < 1.29 is 4.74 Å². The van der Waals surface area contributed by atoms with Gasteiger partial charge in [-0.3, -0.25) is 4.98 Å². The molecule has 0 spiro atoms. The van der Waals surface area contributed by atoms with E-state index in [9.17, 15) is 0 Å². The van der Waals surface area contributed by atoms with Crippen molar-refractivity contribution in [3.8, 4) is 0 Å². The molecule has 0 amide bonds. The molecular formula is C17H22N2O. The largest absolute Gasteiger partial charge is 0.377 e. The zero-order valence-corrected chi connectivity index (χ0v) is 12.2. The third kappa shape index (κ3) is 2.32. The molecule has 0 radical (unpaired) electrons. The first-order valence-electron chi connectivity index (χ1n) is 7.34. The fourth-order valence-corrected chi connectivity index (χ4v) is 3.20. The Kier molecular flexibility index (Phi) is 3.72. The van der Waals surface area contributed by atoms with Crippen LogP contribution in [0.15, 0.2) is 36.4 Å². The molecule has 1 atom stereocenters. The topological polar surface area (TPSA) is 34.2 Å². The van der Waals surface area contributed by atoms with Crippen LogP contribution in [0.3, 0.4) is 0 Å². The van der Waals surface area contributed by atoms with Crippen molar-refractivity contribution in [1.29, 1.82) is 0 Å². The molecular weight excluding hydrogens is 248 g/mol. The van der Waals surface area contributed by atoms with Crippen LogP contribution in [0.4, 0.5) is 0 Å². The van der Waals surface area contributed by atoms with E-state index in [1.54, 1.807) is 0 Å². The highest BCUT2D eigenvalue weighted by Crippen LogP contribution is 2.39. The first-order chi connectivity index (χ1) is 9.77. The predicted molar refractivity (Wildman–Crippen MR) is 81.9 cm³/mol. The van der Waals surface area contributed by atoms with Crippen LogP contribution in [0.2, 0.25) is 0 Å². The van der Waals surface area contributed by atoms with E-state index in [2.05, 4.69) is 29.6 Å². The van der Waals surface area contributed by atoms with E-state index in [-0.39, 0.29) is 5.60 Å². The molecule has 3 nitrogen and oxygen atoms in total. The summed E-state index contributed by atoms with van der Waals surface area (Å²) in [7, 11) is 3.85. The summed E-state index contributed by atoms with van der Waals surface area (Å²) >= 11 is 0. The van der Waals surface area contributed by atoms with Crippen molar-refractivity contribution in [1.82, 2.24) is 10.3 Å². The van der Waals surface area contributed by atoms with Gasteiger partial charge < -0.3 is 10.1 Å². The maximum Gasteiger partial charge on any atom is 0.0834 e. The van der Waals surface area contributed by atoms with E-state index in [1.807, 2.05) is 26.3 Å². The number of nitrogens with one attached hydrogen (secondary N) is 1. The second-order valence-electron chi connectivity index (χ2n) is 5.66. The average Bonchev–Trinajstić information content (AvgIpc) is 2.45. The smallest absolute Gasteiger partial charge is 0.0834 e. The molecule has 0 saturated heterocycles. The summed E-state index contributed by atoms with van der Waals surface area (Å²) in [6.07, 6.45) is 4.46. The number of aromatic nitrogens is 1. The molecule has 1 aromatic carbocycles.